The van der Waals surface area contributed by atoms with Crippen molar-refractivity contribution < 1.29 is 0 Å². The molecule has 2 aromatic rings. The van der Waals surface area contributed by atoms with Gasteiger partial charge < -0.3 is 10.6 Å². The second kappa shape index (κ2) is 6.24. The molecule has 2 N–H and O–H groups in total. The topological polar surface area (TPSA) is 67.9 Å². The van der Waals surface area contributed by atoms with E-state index < -0.39 is 0 Å². The van der Waals surface area contributed by atoms with Crippen molar-refractivity contribution in [3.05, 3.63) is 35.8 Å². The maximum atomic E-state index is 5.90. The van der Waals surface area contributed by atoms with Crippen molar-refractivity contribution in [1.29, 1.82) is 0 Å². The van der Waals surface area contributed by atoms with Crippen LogP contribution in [0.25, 0.3) is 11.4 Å². The van der Waals surface area contributed by atoms with Gasteiger partial charge in [0.2, 0.25) is 0 Å². The van der Waals surface area contributed by atoms with E-state index in [1.165, 1.54) is 11.3 Å². The number of anilines is 1. The molecule has 1 aliphatic carbocycles. The average Bonchev–Trinajstić information content (AvgIpc) is 3.02. The summed E-state index contributed by atoms with van der Waals surface area (Å²) in [5.74, 6) is 1.85. The number of nitrogens with zero attached hydrogens (tertiary/aromatic N) is 4. The van der Waals surface area contributed by atoms with Crippen molar-refractivity contribution in [1.82, 2.24) is 15.0 Å². The molecule has 2 heterocycles. The van der Waals surface area contributed by atoms with Crippen LogP contribution in [0.5, 0.6) is 0 Å². The van der Waals surface area contributed by atoms with Gasteiger partial charge >= 0.3 is 0 Å². The highest BCUT2D eigenvalue weighted by atomic mass is 15.2. The van der Waals surface area contributed by atoms with E-state index in [1.54, 1.807) is 12.4 Å². The van der Waals surface area contributed by atoms with Gasteiger partial charge in [0.1, 0.15) is 5.82 Å². The molecule has 0 amide bonds. The molecule has 2 aromatic heterocycles. The number of rotatable bonds is 5. The smallest absolute Gasteiger partial charge is 0.161 e. The minimum absolute atomic E-state index is 0.0576. The number of aryl methyl sites for hydroxylation is 1. The van der Waals surface area contributed by atoms with Crippen LogP contribution < -0.4 is 10.6 Å². The van der Waals surface area contributed by atoms with Gasteiger partial charge in [0.15, 0.2) is 5.82 Å². The van der Waals surface area contributed by atoms with Crippen LogP contribution in [-0.2, 0) is 12.8 Å². The summed E-state index contributed by atoms with van der Waals surface area (Å²) >= 11 is 0. The number of aromatic nitrogens is 3. The molecule has 1 aliphatic rings. The fourth-order valence-electron chi connectivity index (χ4n) is 3.14. The van der Waals surface area contributed by atoms with Gasteiger partial charge in [-0.05, 0) is 43.4 Å². The van der Waals surface area contributed by atoms with Gasteiger partial charge in [-0.15, -0.1) is 0 Å². The highest BCUT2D eigenvalue weighted by molar-refractivity contribution is 5.61. The SMILES string of the molecule is CN(CC(C)(C)CN)c1nc(-c2ccncc2)nc2c1CCC2. The first-order chi connectivity index (χ1) is 11.0. The van der Waals surface area contributed by atoms with E-state index in [9.17, 15) is 0 Å². The summed E-state index contributed by atoms with van der Waals surface area (Å²) in [6.45, 7) is 5.91. The average molecular weight is 311 g/mol. The van der Waals surface area contributed by atoms with Crippen LogP contribution in [0.4, 0.5) is 5.82 Å². The van der Waals surface area contributed by atoms with Gasteiger partial charge in [-0.1, -0.05) is 13.8 Å². The number of nitrogens with two attached hydrogens (primary N) is 1. The van der Waals surface area contributed by atoms with E-state index in [0.29, 0.717) is 6.54 Å². The van der Waals surface area contributed by atoms with Crippen LogP contribution >= 0.6 is 0 Å². The fourth-order valence-corrected chi connectivity index (χ4v) is 3.14. The molecular weight excluding hydrogens is 286 g/mol. The van der Waals surface area contributed by atoms with Crippen LogP contribution in [0.3, 0.4) is 0 Å². The first-order valence-electron chi connectivity index (χ1n) is 8.21. The van der Waals surface area contributed by atoms with Crippen molar-refractivity contribution in [2.24, 2.45) is 11.1 Å². The van der Waals surface area contributed by atoms with Crippen molar-refractivity contribution in [3.63, 3.8) is 0 Å². The second-order valence-electron chi connectivity index (χ2n) is 7.11. The van der Waals surface area contributed by atoms with Crippen LogP contribution in [0.2, 0.25) is 0 Å². The predicted octanol–water partition coefficient (Wildman–Crippen LogP) is 2.45. The van der Waals surface area contributed by atoms with Gasteiger partial charge in [-0.25, -0.2) is 9.97 Å². The lowest BCUT2D eigenvalue weighted by molar-refractivity contribution is 0.384. The zero-order chi connectivity index (χ0) is 16.4. The maximum absolute atomic E-state index is 5.90. The molecule has 0 radical (unpaired) electrons. The predicted molar refractivity (Wildman–Crippen MR) is 93.4 cm³/mol. The van der Waals surface area contributed by atoms with Gasteiger partial charge in [0, 0.05) is 42.8 Å². The van der Waals surface area contributed by atoms with E-state index in [-0.39, 0.29) is 5.41 Å². The molecule has 0 aromatic carbocycles. The van der Waals surface area contributed by atoms with Gasteiger partial charge in [-0.3, -0.25) is 4.98 Å². The van der Waals surface area contributed by atoms with Crippen LogP contribution in [0.1, 0.15) is 31.5 Å². The van der Waals surface area contributed by atoms with E-state index in [1.807, 2.05) is 12.1 Å². The first kappa shape index (κ1) is 15.9. The Kier molecular flexibility index (Phi) is 4.31. The van der Waals surface area contributed by atoms with Crippen molar-refractivity contribution in [2.45, 2.75) is 33.1 Å². The summed E-state index contributed by atoms with van der Waals surface area (Å²) < 4.78 is 0. The van der Waals surface area contributed by atoms with E-state index in [0.717, 1.165) is 43.0 Å². The van der Waals surface area contributed by atoms with Gasteiger partial charge in [-0.2, -0.15) is 0 Å². The summed E-state index contributed by atoms with van der Waals surface area (Å²) in [5, 5.41) is 0. The highest BCUT2D eigenvalue weighted by Gasteiger charge is 2.25. The summed E-state index contributed by atoms with van der Waals surface area (Å²) in [6.07, 6.45) is 6.83. The van der Waals surface area contributed by atoms with Gasteiger partial charge in [0.25, 0.3) is 0 Å². The number of hydrogen-bond donors (Lipinski definition) is 1. The molecule has 0 bridgehead atoms. The third-order valence-corrected chi connectivity index (χ3v) is 4.43. The molecule has 0 saturated heterocycles. The van der Waals surface area contributed by atoms with Gasteiger partial charge in [0.05, 0.1) is 0 Å². The lowest BCUT2D eigenvalue weighted by Gasteiger charge is -2.31. The Hall–Kier alpha value is -2.01. The maximum Gasteiger partial charge on any atom is 0.161 e. The number of fused-ring (bicyclic) bond motifs is 1. The molecule has 5 nitrogen and oxygen atoms in total. The standard InChI is InChI=1S/C18H25N5/c1-18(2,11-19)12-23(3)17-14-5-4-6-15(14)21-16(22-17)13-7-9-20-10-8-13/h7-10H,4-6,11-12,19H2,1-3H3. The normalized spacial score (nSPS) is 13.9. The van der Waals surface area contributed by atoms with E-state index in [4.69, 9.17) is 15.7 Å². The third-order valence-electron chi connectivity index (χ3n) is 4.43. The Morgan fingerprint density at radius 1 is 1.17 bits per heavy atom. The minimum atomic E-state index is 0.0576. The fraction of sp³-hybridized carbons (Fsp3) is 0.500. The summed E-state index contributed by atoms with van der Waals surface area (Å²) in [7, 11) is 2.11. The Bertz CT molecular complexity index is 681. The Morgan fingerprint density at radius 3 is 2.61 bits per heavy atom. The summed E-state index contributed by atoms with van der Waals surface area (Å²) in [6, 6.07) is 3.93. The molecule has 0 aliphatic heterocycles. The van der Waals surface area contributed by atoms with Crippen LogP contribution in [0.15, 0.2) is 24.5 Å². The number of pyridine rings is 1. The Morgan fingerprint density at radius 2 is 1.91 bits per heavy atom. The minimum Gasteiger partial charge on any atom is -0.359 e. The molecule has 0 atom stereocenters. The molecule has 0 spiro atoms. The molecular formula is C18H25N5. The summed E-state index contributed by atoms with van der Waals surface area (Å²) in [5.41, 5.74) is 9.47. The lowest BCUT2D eigenvalue weighted by Crippen LogP contribution is -2.37. The molecule has 5 heteroatoms. The molecule has 0 unspecified atom stereocenters. The second-order valence-corrected chi connectivity index (χ2v) is 7.11. The first-order valence-corrected chi connectivity index (χ1v) is 8.21. The third kappa shape index (κ3) is 3.34. The quantitative estimate of drug-likeness (QED) is 0.918. The Balaban J connectivity index is 2.01. The molecule has 0 fully saturated rings. The van der Waals surface area contributed by atoms with E-state index in [2.05, 4.69) is 30.8 Å². The van der Waals surface area contributed by atoms with Crippen molar-refractivity contribution in [2.75, 3.05) is 25.0 Å². The molecule has 0 saturated carbocycles. The highest BCUT2D eigenvalue weighted by Crippen LogP contribution is 2.32. The van der Waals surface area contributed by atoms with Crippen LogP contribution in [-0.4, -0.2) is 35.1 Å². The lowest BCUT2D eigenvalue weighted by atomic mass is 9.93. The summed E-state index contributed by atoms with van der Waals surface area (Å²) in [4.78, 5) is 16.0. The molecule has 3 rings (SSSR count). The monoisotopic (exact) mass is 311 g/mol. The van der Waals surface area contributed by atoms with Crippen molar-refractivity contribution >= 4 is 5.82 Å². The molecule has 122 valence electrons. The van der Waals surface area contributed by atoms with E-state index >= 15 is 0 Å². The molecule has 23 heavy (non-hydrogen) atoms. The zero-order valence-electron chi connectivity index (χ0n) is 14.2. The van der Waals surface area contributed by atoms with Crippen molar-refractivity contribution in [3.8, 4) is 11.4 Å². The number of hydrogen-bond acceptors (Lipinski definition) is 5. The van der Waals surface area contributed by atoms with Crippen LogP contribution in [0, 0.1) is 5.41 Å². The zero-order valence-corrected chi connectivity index (χ0v) is 14.2. The Labute approximate surface area is 138 Å². The largest absolute Gasteiger partial charge is 0.359 e.